The molecule has 0 unspecified atom stereocenters. The van der Waals surface area contributed by atoms with Gasteiger partial charge in [-0.2, -0.15) is 4.31 Å². The predicted molar refractivity (Wildman–Crippen MR) is 130 cm³/mol. The fraction of sp³-hybridized carbons (Fsp3) is 0.174. The van der Waals surface area contributed by atoms with Crippen molar-refractivity contribution < 1.29 is 13.2 Å². The summed E-state index contributed by atoms with van der Waals surface area (Å²) in [6.45, 7) is 3.45. The zero-order valence-corrected chi connectivity index (χ0v) is 20.5. The van der Waals surface area contributed by atoms with Crippen molar-refractivity contribution in [1.82, 2.24) is 4.31 Å². The molecule has 3 rings (SSSR count). The third-order valence-corrected chi connectivity index (χ3v) is 7.70. The van der Waals surface area contributed by atoms with E-state index in [1.54, 1.807) is 24.3 Å². The lowest BCUT2D eigenvalue weighted by Crippen LogP contribution is -2.37. The van der Waals surface area contributed by atoms with Crippen LogP contribution in [0.2, 0.25) is 15.1 Å². The first-order chi connectivity index (χ1) is 15.1. The molecule has 5 nitrogen and oxygen atoms in total. The van der Waals surface area contributed by atoms with Crippen LogP contribution < -0.4 is 5.32 Å². The van der Waals surface area contributed by atoms with Crippen LogP contribution in [-0.4, -0.2) is 25.2 Å². The Morgan fingerprint density at radius 1 is 0.875 bits per heavy atom. The number of benzene rings is 3. The van der Waals surface area contributed by atoms with E-state index in [0.717, 1.165) is 15.4 Å². The number of halogens is 3. The fourth-order valence-electron chi connectivity index (χ4n) is 3.00. The van der Waals surface area contributed by atoms with Crippen LogP contribution in [0.15, 0.2) is 65.6 Å². The topological polar surface area (TPSA) is 66.5 Å². The third-order valence-electron chi connectivity index (χ3n) is 4.90. The molecule has 9 heteroatoms. The Hall–Kier alpha value is -2.09. The van der Waals surface area contributed by atoms with E-state index in [-0.39, 0.29) is 11.4 Å². The maximum atomic E-state index is 13.3. The third kappa shape index (κ3) is 6.03. The summed E-state index contributed by atoms with van der Waals surface area (Å²) in [6.07, 6.45) is 0. The molecular weight excluding hydrogens is 491 g/mol. The van der Waals surface area contributed by atoms with Gasteiger partial charge in [0.1, 0.15) is 0 Å². The zero-order chi connectivity index (χ0) is 23.5. The number of hydrogen-bond acceptors (Lipinski definition) is 3. The van der Waals surface area contributed by atoms with Gasteiger partial charge in [0.2, 0.25) is 15.9 Å². The molecule has 0 aliphatic heterocycles. The van der Waals surface area contributed by atoms with Crippen molar-refractivity contribution >= 4 is 56.4 Å². The van der Waals surface area contributed by atoms with Crippen LogP contribution >= 0.6 is 34.8 Å². The summed E-state index contributed by atoms with van der Waals surface area (Å²) in [5.74, 6) is -0.467. The highest BCUT2D eigenvalue weighted by Gasteiger charge is 2.27. The Kier molecular flexibility index (Phi) is 7.85. The summed E-state index contributed by atoms with van der Waals surface area (Å²) in [6, 6.07) is 16.1. The molecule has 0 atom stereocenters. The van der Waals surface area contributed by atoms with E-state index in [1.807, 2.05) is 26.0 Å². The maximum Gasteiger partial charge on any atom is 0.243 e. The van der Waals surface area contributed by atoms with Crippen molar-refractivity contribution in [2.75, 3.05) is 11.9 Å². The first-order valence-electron chi connectivity index (χ1n) is 9.63. The summed E-state index contributed by atoms with van der Waals surface area (Å²) in [4.78, 5) is 12.8. The molecule has 0 radical (unpaired) electrons. The van der Waals surface area contributed by atoms with Crippen LogP contribution in [0.25, 0.3) is 0 Å². The molecule has 0 aromatic heterocycles. The number of aryl methyl sites for hydroxylation is 2. The first kappa shape index (κ1) is 24.6. The van der Waals surface area contributed by atoms with Gasteiger partial charge in [-0.05, 0) is 79.1 Å². The van der Waals surface area contributed by atoms with E-state index in [1.165, 1.54) is 24.3 Å². The van der Waals surface area contributed by atoms with Gasteiger partial charge in [0.05, 0.1) is 21.5 Å². The van der Waals surface area contributed by atoms with Crippen LogP contribution in [-0.2, 0) is 21.4 Å². The second-order valence-electron chi connectivity index (χ2n) is 7.32. The van der Waals surface area contributed by atoms with Gasteiger partial charge >= 0.3 is 0 Å². The highest BCUT2D eigenvalue weighted by molar-refractivity contribution is 7.89. The van der Waals surface area contributed by atoms with Crippen molar-refractivity contribution in [2.45, 2.75) is 25.3 Å². The van der Waals surface area contributed by atoms with Crippen molar-refractivity contribution in [3.63, 3.8) is 0 Å². The molecule has 0 aliphatic rings. The molecule has 0 saturated heterocycles. The summed E-state index contributed by atoms with van der Waals surface area (Å²) in [5.41, 5.74) is 3.30. The number of amides is 1. The fourth-order valence-corrected chi connectivity index (χ4v) is 4.83. The molecule has 1 amide bonds. The SMILES string of the molecule is Cc1ccc(NC(=O)CN(Cc2ccc(Cl)c(Cl)c2)S(=O)(=O)c2ccc(Cl)cc2)cc1C. The summed E-state index contributed by atoms with van der Waals surface area (Å²) < 4.78 is 27.8. The number of carbonyl (C=O) groups excluding carboxylic acids is 1. The van der Waals surface area contributed by atoms with Gasteiger partial charge in [-0.15, -0.1) is 0 Å². The Balaban J connectivity index is 1.89. The Bertz CT molecular complexity index is 1250. The summed E-state index contributed by atoms with van der Waals surface area (Å²) in [5, 5.41) is 3.83. The molecule has 0 aliphatic carbocycles. The Labute approximate surface area is 203 Å². The first-order valence-corrected chi connectivity index (χ1v) is 12.2. The van der Waals surface area contributed by atoms with Crippen LogP contribution in [0.1, 0.15) is 16.7 Å². The van der Waals surface area contributed by atoms with Gasteiger partial charge in [-0.1, -0.05) is 46.9 Å². The highest BCUT2D eigenvalue weighted by atomic mass is 35.5. The molecule has 0 saturated carbocycles. The van der Waals surface area contributed by atoms with E-state index >= 15 is 0 Å². The van der Waals surface area contributed by atoms with E-state index in [2.05, 4.69) is 5.32 Å². The van der Waals surface area contributed by atoms with E-state index < -0.39 is 22.5 Å². The standard InChI is InChI=1S/C23H21Cl3N2O3S/c1-15-3-7-19(11-16(15)2)27-23(29)14-28(13-17-4-10-21(25)22(26)12-17)32(30,31)20-8-5-18(24)6-9-20/h3-12H,13-14H2,1-2H3,(H,27,29). The Morgan fingerprint density at radius 2 is 1.56 bits per heavy atom. The normalized spacial score (nSPS) is 11.6. The van der Waals surface area contributed by atoms with E-state index in [9.17, 15) is 13.2 Å². The number of carbonyl (C=O) groups is 1. The minimum Gasteiger partial charge on any atom is -0.325 e. The van der Waals surface area contributed by atoms with Crippen LogP contribution in [0.4, 0.5) is 5.69 Å². The van der Waals surface area contributed by atoms with E-state index in [4.69, 9.17) is 34.8 Å². The average Bonchev–Trinajstić information content (AvgIpc) is 2.73. The lowest BCUT2D eigenvalue weighted by molar-refractivity contribution is -0.116. The average molecular weight is 512 g/mol. The van der Waals surface area contributed by atoms with Crippen LogP contribution in [0.5, 0.6) is 0 Å². The van der Waals surface area contributed by atoms with Gasteiger partial charge in [0.15, 0.2) is 0 Å². The predicted octanol–water partition coefficient (Wildman–Crippen LogP) is 6.09. The molecule has 3 aromatic rings. The lowest BCUT2D eigenvalue weighted by Gasteiger charge is -2.22. The Morgan fingerprint density at radius 3 is 2.19 bits per heavy atom. The number of nitrogens with one attached hydrogen (secondary N) is 1. The highest BCUT2D eigenvalue weighted by Crippen LogP contribution is 2.26. The number of sulfonamides is 1. The summed E-state index contributed by atoms with van der Waals surface area (Å²) in [7, 11) is -4.00. The summed E-state index contributed by atoms with van der Waals surface area (Å²) >= 11 is 18.0. The van der Waals surface area contributed by atoms with Crippen LogP contribution in [0.3, 0.4) is 0 Å². The molecule has 168 valence electrons. The van der Waals surface area contributed by atoms with Gasteiger partial charge in [0.25, 0.3) is 0 Å². The molecule has 0 spiro atoms. The molecule has 3 aromatic carbocycles. The van der Waals surface area contributed by atoms with Crippen molar-refractivity contribution in [3.05, 3.63) is 92.4 Å². The second-order valence-corrected chi connectivity index (χ2v) is 10.5. The molecular formula is C23H21Cl3N2O3S. The number of rotatable bonds is 7. The van der Waals surface area contributed by atoms with E-state index in [0.29, 0.717) is 26.3 Å². The smallest absolute Gasteiger partial charge is 0.243 e. The zero-order valence-electron chi connectivity index (χ0n) is 17.4. The molecule has 32 heavy (non-hydrogen) atoms. The molecule has 0 heterocycles. The van der Waals surface area contributed by atoms with Crippen molar-refractivity contribution in [1.29, 1.82) is 0 Å². The molecule has 1 N–H and O–H groups in total. The van der Waals surface area contributed by atoms with Gasteiger partial charge in [-0.3, -0.25) is 4.79 Å². The maximum absolute atomic E-state index is 13.3. The largest absolute Gasteiger partial charge is 0.325 e. The van der Waals surface area contributed by atoms with Crippen LogP contribution in [0, 0.1) is 13.8 Å². The molecule has 0 bridgehead atoms. The van der Waals surface area contributed by atoms with Gasteiger partial charge < -0.3 is 5.32 Å². The minimum absolute atomic E-state index is 0.0286. The second kappa shape index (κ2) is 10.2. The molecule has 0 fully saturated rings. The van der Waals surface area contributed by atoms with Crippen molar-refractivity contribution in [2.24, 2.45) is 0 Å². The number of anilines is 1. The minimum atomic E-state index is -4.00. The lowest BCUT2D eigenvalue weighted by atomic mass is 10.1. The quantitative estimate of drug-likeness (QED) is 0.417. The number of nitrogens with zero attached hydrogens (tertiary/aromatic N) is 1. The van der Waals surface area contributed by atoms with Crippen molar-refractivity contribution in [3.8, 4) is 0 Å². The van der Waals surface area contributed by atoms with Gasteiger partial charge in [-0.25, -0.2) is 8.42 Å². The monoisotopic (exact) mass is 510 g/mol. The van der Waals surface area contributed by atoms with Gasteiger partial charge in [0, 0.05) is 17.3 Å². The number of hydrogen-bond donors (Lipinski definition) is 1.